The number of fused-ring (bicyclic) bond motifs is 4. The zero-order chi connectivity index (χ0) is 20.2. The molecule has 2 N–H and O–H groups in total. The number of phenolic OH excluding ortho intramolecular Hbond substituents is 1. The van der Waals surface area contributed by atoms with Crippen molar-refractivity contribution in [1.82, 2.24) is 5.32 Å². The zero-order valence-corrected chi connectivity index (χ0v) is 17.0. The quantitative estimate of drug-likeness (QED) is 0.629. The molecule has 0 saturated heterocycles. The van der Waals surface area contributed by atoms with Crippen LogP contribution in [0.4, 0.5) is 5.69 Å². The lowest BCUT2D eigenvalue weighted by Gasteiger charge is -2.36. The van der Waals surface area contributed by atoms with Crippen molar-refractivity contribution < 1.29 is 9.90 Å². The highest BCUT2D eigenvalue weighted by Crippen LogP contribution is 2.49. The molecule has 0 saturated carbocycles. The molecule has 1 spiro atoms. The molecule has 0 aliphatic carbocycles. The Labute approximate surface area is 178 Å². The number of carbonyl (C=O) groups excluding carboxylic acids is 1. The number of nitrogens with zero attached hydrogens (tertiary/aromatic N) is 1. The number of phenols is 1. The highest BCUT2D eigenvalue weighted by atomic mass is 35.5. The number of para-hydroxylation sites is 1. The van der Waals surface area contributed by atoms with Crippen molar-refractivity contribution in [3.8, 4) is 5.75 Å². The topological polar surface area (TPSA) is 52.6 Å². The van der Waals surface area contributed by atoms with Crippen molar-refractivity contribution in [1.29, 1.82) is 0 Å². The van der Waals surface area contributed by atoms with Gasteiger partial charge >= 0.3 is 0 Å². The van der Waals surface area contributed by atoms with Gasteiger partial charge in [-0.05, 0) is 41.8 Å². The summed E-state index contributed by atoms with van der Waals surface area (Å²) in [7, 11) is 0. The minimum atomic E-state index is -1.09. The molecule has 2 heterocycles. The fourth-order valence-electron chi connectivity index (χ4n) is 4.54. The van der Waals surface area contributed by atoms with Gasteiger partial charge in [0.1, 0.15) is 5.75 Å². The summed E-state index contributed by atoms with van der Waals surface area (Å²) in [6.07, 6.45) is 0.758. The molecule has 2 aliphatic rings. The van der Waals surface area contributed by atoms with E-state index in [9.17, 15) is 9.90 Å². The maximum absolute atomic E-state index is 13.9. The number of anilines is 1. The molecule has 0 bridgehead atoms. The van der Waals surface area contributed by atoms with E-state index in [1.54, 1.807) is 23.1 Å². The molecule has 0 aromatic heterocycles. The molecular formula is C23H18Cl2N2O2. The van der Waals surface area contributed by atoms with Gasteiger partial charge in [0, 0.05) is 17.7 Å². The Balaban J connectivity index is 1.67. The van der Waals surface area contributed by atoms with Crippen LogP contribution in [0.15, 0.2) is 60.7 Å². The number of carbonyl (C=O) groups is 1. The normalized spacial score (nSPS) is 20.1. The van der Waals surface area contributed by atoms with Gasteiger partial charge in [-0.25, -0.2) is 0 Å². The van der Waals surface area contributed by atoms with Crippen LogP contribution in [0.3, 0.4) is 0 Å². The van der Waals surface area contributed by atoms with Gasteiger partial charge in [-0.2, -0.15) is 0 Å². The third-order valence-corrected chi connectivity index (χ3v) is 6.52. The number of rotatable bonds is 2. The first-order chi connectivity index (χ1) is 14.0. The van der Waals surface area contributed by atoms with Gasteiger partial charge in [0.2, 0.25) is 0 Å². The van der Waals surface area contributed by atoms with Crippen LogP contribution in [0.5, 0.6) is 5.75 Å². The molecule has 4 nitrogen and oxygen atoms in total. The van der Waals surface area contributed by atoms with Crippen LogP contribution in [-0.4, -0.2) is 17.6 Å². The van der Waals surface area contributed by atoms with Gasteiger partial charge in [-0.15, -0.1) is 0 Å². The number of nitrogens with one attached hydrogen (secondary N) is 1. The van der Waals surface area contributed by atoms with Crippen molar-refractivity contribution in [2.75, 3.05) is 11.4 Å². The molecule has 1 unspecified atom stereocenters. The van der Waals surface area contributed by atoms with E-state index in [1.165, 1.54) is 0 Å². The number of amides is 1. The minimum absolute atomic E-state index is 0.104. The van der Waals surface area contributed by atoms with E-state index < -0.39 is 5.54 Å². The summed E-state index contributed by atoms with van der Waals surface area (Å²) >= 11 is 12.2. The molecule has 3 aromatic carbocycles. The Hall–Kier alpha value is -2.53. The molecule has 5 rings (SSSR count). The maximum Gasteiger partial charge on any atom is 0.257 e. The summed E-state index contributed by atoms with van der Waals surface area (Å²) in [6, 6.07) is 18.6. The van der Waals surface area contributed by atoms with Gasteiger partial charge in [-0.3, -0.25) is 10.1 Å². The molecule has 3 aromatic rings. The van der Waals surface area contributed by atoms with Gasteiger partial charge in [0.05, 0.1) is 22.3 Å². The number of aromatic hydroxyl groups is 1. The van der Waals surface area contributed by atoms with E-state index in [0.717, 1.165) is 28.8 Å². The third-order valence-electron chi connectivity index (χ3n) is 5.78. The van der Waals surface area contributed by atoms with Crippen molar-refractivity contribution in [3.05, 3.63) is 93.0 Å². The van der Waals surface area contributed by atoms with E-state index in [0.29, 0.717) is 28.7 Å². The van der Waals surface area contributed by atoms with E-state index in [2.05, 4.69) is 5.32 Å². The number of halogens is 2. The Morgan fingerprint density at radius 1 is 1.03 bits per heavy atom. The number of hydrogen-bond acceptors (Lipinski definition) is 3. The fraction of sp³-hybridized carbons (Fsp3) is 0.174. The van der Waals surface area contributed by atoms with Gasteiger partial charge in [0.25, 0.3) is 5.91 Å². The second-order valence-electron chi connectivity index (χ2n) is 7.39. The first-order valence-corrected chi connectivity index (χ1v) is 10.2. The highest BCUT2D eigenvalue weighted by Gasteiger charge is 2.55. The summed E-state index contributed by atoms with van der Waals surface area (Å²) in [5.74, 6) is 0.0291. The van der Waals surface area contributed by atoms with Gasteiger partial charge < -0.3 is 10.0 Å². The van der Waals surface area contributed by atoms with Crippen molar-refractivity contribution in [2.45, 2.75) is 18.5 Å². The monoisotopic (exact) mass is 424 g/mol. The molecular weight excluding hydrogens is 407 g/mol. The molecule has 6 heteroatoms. The second-order valence-corrected chi connectivity index (χ2v) is 8.21. The van der Waals surface area contributed by atoms with Crippen LogP contribution in [0.1, 0.15) is 22.3 Å². The van der Waals surface area contributed by atoms with Gasteiger partial charge in [0.15, 0.2) is 5.54 Å². The first-order valence-electron chi connectivity index (χ1n) is 9.44. The molecule has 146 valence electrons. The number of benzene rings is 3. The van der Waals surface area contributed by atoms with E-state index >= 15 is 0 Å². The minimum Gasteiger partial charge on any atom is -0.508 e. The predicted octanol–water partition coefficient (Wildman–Crippen LogP) is 4.64. The van der Waals surface area contributed by atoms with E-state index in [-0.39, 0.29) is 11.7 Å². The molecule has 29 heavy (non-hydrogen) atoms. The van der Waals surface area contributed by atoms with Crippen molar-refractivity contribution >= 4 is 34.8 Å². The van der Waals surface area contributed by atoms with Crippen LogP contribution < -0.4 is 10.2 Å². The third kappa shape index (κ3) is 2.67. The van der Waals surface area contributed by atoms with Crippen LogP contribution in [0, 0.1) is 0 Å². The van der Waals surface area contributed by atoms with Gasteiger partial charge in [-0.1, -0.05) is 59.6 Å². The van der Waals surface area contributed by atoms with Crippen LogP contribution >= 0.6 is 23.2 Å². The highest BCUT2D eigenvalue weighted by molar-refractivity contribution is 6.42. The van der Waals surface area contributed by atoms with Crippen LogP contribution in [-0.2, 0) is 23.3 Å². The summed E-state index contributed by atoms with van der Waals surface area (Å²) in [5, 5.41) is 15.1. The molecule has 2 aliphatic heterocycles. The average molecular weight is 425 g/mol. The molecule has 0 radical (unpaired) electrons. The Kier molecular flexibility index (Phi) is 4.32. The second kappa shape index (κ2) is 6.77. The largest absolute Gasteiger partial charge is 0.508 e. The fourth-order valence-corrected chi connectivity index (χ4v) is 4.86. The first kappa shape index (κ1) is 18.5. The SMILES string of the molecule is O=C1N(Cc2ccc(Cl)c(Cl)c2)c2ccccc2C12NCCc1cccc(O)c12. The van der Waals surface area contributed by atoms with Crippen LogP contribution in [0.2, 0.25) is 10.0 Å². The summed E-state index contributed by atoms with van der Waals surface area (Å²) in [4.78, 5) is 15.7. The molecule has 1 atom stereocenters. The maximum atomic E-state index is 13.9. The summed E-state index contributed by atoms with van der Waals surface area (Å²) < 4.78 is 0. The lowest BCUT2D eigenvalue weighted by Crippen LogP contribution is -2.54. The average Bonchev–Trinajstić information content (AvgIpc) is 2.94. The Morgan fingerprint density at radius 3 is 2.69 bits per heavy atom. The lowest BCUT2D eigenvalue weighted by molar-refractivity contribution is -0.123. The molecule has 1 amide bonds. The zero-order valence-electron chi connectivity index (χ0n) is 15.5. The molecule has 0 fully saturated rings. The van der Waals surface area contributed by atoms with Crippen LogP contribution in [0.25, 0.3) is 0 Å². The lowest BCUT2D eigenvalue weighted by atomic mass is 9.77. The van der Waals surface area contributed by atoms with Crippen molar-refractivity contribution in [2.24, 2.45) is 0 Å². The number of hydrogen-bond donors (Lipinski definition) is 2. The Morgan fingerprint density at radius 2 is 1.86 bits per heavy atom. The Bertz CT molecular complexity index is 1150. The summed E-state index contributed by atoms with van der Waals surface area (Å²) in [6.45, 7) is 1.01. The van der Waals surface area contributed by atoms with Crippen molar-refractivity contribution in [3.63, 3.8) is 0 Å². The van der Waals surface area contributed by atoms with E-state index in [4.69, 9.17) is 23.2 Å². The predicted molar refractivity (Wildman–Crippen MR) is 115 cm³/mol. The standard InChI is InChI=1S/C23H18Cl2N2O2/c24-17-9-8-14(12-18(17)25)13-27-19-6-2-1-5-16(19)23(22(27)29)21-15(10-11-26-23)4-3-7-20(21)28/h1-9,12,26,28H,10-11,13H2. The van der Waals surface area contributed by atoms with E-state index in [1.807, 2.05) is 42.5 Å². The smallest absolute Gasteiger partial charge is 0.257 e. The summed E-state index contributed by atoms with van der Waals surface area (Å²) in [5.41, 5.74) is 3.11.